The molecule has 1 N–H and O–H groups in total. The average Bonchev–Trinajstić information content (AvgIpc) is 3.78. The van der Waals surface area contributed by atoms with Crippen LogP contribution in [0.15, 0.2) is 84.9 Å². The van der Waals surface area contributed by atoms with Gasteiger partial charge in [0, 0.05) is 63.8 Å². The van der Waals surface area contributed by atoms with Crippen molar-refractivity contribution in [1.29, 1.82) is 0 Å². The van der Waals surface area contributed by atoms with Crippen LogP contribution in [0.25, 0.3) is 0 Å². The molecule has 3 heterocycles. The summed E-state index contributed by atoms with van der Waals surface area (Å²) in [6, 6.07) is 25.5. The Balaban J connectivity index is 0.742. The first-order valence-corrected chi connectivity index (χ1v) is 20.7. The highest BCUT2D eigenvalue weighted by atomic mass is 19.1. The van der Waals surface area contributed by atoms with Crippen LogP contribution in [0.5, 0.6) is 11.5 Å². The summed E-state index contributed by atoms with van der Waals surface area (Å²) in [5.41, 5.74) is 6.23. The van der Waals surface area contributed by atoms with Crippen molar-refractivity contribution >= 4 is 29.1 Å². The van der Waals surface area contributed by atoms with Crippen LogP contribution in [0, 0.1) is 11.7 Å². The minimum absolute atomic E-state index is 0.0897. The summed E-state index contributed by atoms with van der Waals surface area (Å²) in [4.78, 5) is 59.1. The number of nitrogens with zero attached hydrogens (tertiary/aromatic N) is 4. The molecule has 3 fully saturated rings. The van der Waals surface area contributed by atoms with Crippen molar-refractivity contribution in [1.82, 2.24) is 14.7 Å². The van der Waals surface area contributed by atoms with Gasteiger partial charge in [0.2, 0.25) is 0 Å². The van der Waals surface area contributed by atoms with E-state index in [1.54, 1.807) is 18.2 Å². The van der Waals surface area contributed by atoms with Crippen molar-refractivity contribution in [2.45, 2.75) is 56.4 Å². The number of aryl methyl sites for hydroxylation is 1. The van der Waals surface area contributed by atoms with Gasteiger partial charge in [-0.15, -0.1) is 0 Å². The van der Waals surface area contributed by atoms with E-state index in [4.69, 9.17) is 4.74 Å². The molecule has 0 radical (unpaired) electrons. The molecule has 0 spiro atoms. The number of Topliss-reactive ketones (excluding diaryl/α,β-unsaturated/α-hetero) is 2. The molecule has 4 atom stereocenters. The zero-order valence-corrected chi connectivity index (χ0v) is 32.7. The quantitative estimate of drug-likeness (QED) is 0.149. The number of phenols is 1. The van der Waals surface area contributed by atoms with Crippen LogP contribution in [0.1, 0.15) is 86.9 Å². The van der Waals surface area contributed by atoms with Crippen LogP contribution in [0.3, 0.4) is 0 Å². The fourth-order valence-corrected chi connectivity index (χ4v) is 10.0. The van der Waals surface area contributed by atoms with Crippen LogP contribution in [-0.4, -0.2) is 108 Å². The fraction of sp³-hybridized carbons (Fsp3) is 0.404. The molecule has 2 saturated heterocycles. The Labute approximate surface area is 338 Å². The average molecular weight is 785 g/mol. The molecule has 10 nitrogen and oxygen atoms in total. The van der Waals surface area contributed by atoms with E-state index < -0.39 is 17.9 Å². The first kappa shape index (κ1) is 38.1. The van der Waals surface area contributed by atoms with Crippen molar-refractivity contribution in [2.24, 2.45) is 5.92 Å². The molecule has 58 heavy (non-hydrogen) atoms. The fourth-order valence-electron chi connectivity index (χ4n) is 10.0. The number of fused-ring (bicyclic) bond motifs is 2. The zero-order chi connectivity index (χ0) is 39.9. The number of ketones is 2. The molecular weight excluding hydrogens is 736 g/mol. The van der Waals surface area contributed by atoms with Crippen LogP contribution in [0.2, 0.25) is 0 Å². The molecule has 11 heteroatoms. The minimum Gasteiger partial charge on any atom is -0.508 e. The Bertz CT molecular complexity index is 2220. The number of ether oxygens (including phenoxy) is 1. The number of hydrogen-bond donors (Lipinski definition) is 1. The molecule has 300 valence electrons. The highest BCUT2D eigenvalue weighted by molar-refractivity contribution is 6.24. The molecule has 1 unspecified atom stereocenters. The lowest BCUT2D eigenvalue weighted by Crippen LogP contribution is -2.48. The van der Waals surface area contributed by atoms with E-state index in [0.717, 1.165) is 99.1 Å². The van der Waals surface area contributed by atoms with Crippen LogP contribution >= 0.6 is 0 Å². The lowest BCUT2D eigenvalue weighted by molar-refractivity contribution is -0.132. The molecule has 0 bridgehead atoms. The Kier molecular flexibility index (Phi) is 10.6. The third-order valence-electron chi connectivity index (χ3n) is 13.1. The Morgan fingerprint density at radius 3 is 2.26 bits per heavy atom. The standard InChI is InChI=1S/C47H49FN4O6/c48-34-6-1-31(2-7-34)39-13-5-33-25-36(53)9-15-40(33)45(39)32-3-11-38(12-4-32)58-24-23-49-18-17-30(28-49)29-50-19-21-51(22-20-50)35-8-14-41-42(26-35)47(57)52(46(41)56)43-16-10-37(54)27-44(43)55/h1-4,6-9,11-12,14-15,25-26,30,39,43,45,53H,5,10,13,16-24,27-29H2/t30-,39-,43?,45+/m1/s1. The van der Waals surface area contributed by atoms with Gasteiger partial charge in [0.05, 0.1) is 23.6 Å². The second-order valence-electron chi connectivity index (χ2n) is 16.7. The van der Waals surface area contributed by atoms with Crippen molar-refractivity contribution in [3.63, 3.8) is 0 Å². The summed E-state index contributed by atoms with van der Waals surface area (Å²) in [6.07, 6.45) is 3.12. The van der Waals surface area contributed by atoms with Gasteiger partial charge < -0.3 is 14.7 Å². The Hall–Kier alpha value is -5.39. The molecule has 4 aromatic carbocycles. The van der Waals surface area contributed by atoms with Gasteiger partial charge >= 0.3 is 0 Å². The normalized spacial score (nSPS) is 24.0. The molecular formula is C47H49FN4O6. The predicted molar refractivity (Wildman–Crippen MR) is 217 cm³/mol. The predicted octanol–water partition coefficient (Wildman–Crippen LogP) is 6.20. The van der Waals surface area contributed by atoms with E-state index in [2.05, 4.69) is 39.0 Å². The van der Waals surface area contributed by atoms with Crippen molar-refractivity contribution < 1.29 is 33.4 Å². The molecule has 1 saturated carbocycles. The highest BCUT2D eigenvalue weighted by Gasteiger charge is 2.44. The monoisotopic (exact) mass is 784 g/mol. The summed E-state index contributed by atoms with van der Waals surface area (Å²) in [6.45, 7) is 8.07. The number of benzene rings is 4. The first-order chi connectivity index (χ1) is 28.2. The number of piperazine rings is 1. The van der Waals surface area contributed by atoms with Crippen LogP contribution in [-0.2, 0) is 16.0 Å². The lowest BCUT2D eigenvalue weighted by Gasteiger charge is -2.37. The van der Waals surface area contributed by atoms with Crippen molar-refractivity contribution in [2.75, 3.05) is 63.9 Å². The third-order valence-corrected chi connectivity index (χ3v) is 13.1. The van der Waals surface area contributed by atoms with Gasteiger partial charge in [-0.1, -0.05) is 30.3 Å². The maximum atomic E-state index is 13.8. The highest BCUT2D eigenvalue weighted by Crippen LogP contribution is 2.47. The topological polar surface area (TPSA) is 111 Å². The number of hydrogen-bond acceptors (Lipinski definition) is 9. The summed E-state index contributed by atoms with van der Waals surface area (Å²) in [5.74, 6) is 0.385. The number of imide groups is 1. The molecule has 3 aliphatic heterocycles. The molecule has 4 aromatic rings. The van der Waals surface area contributed by atoms with Gasteiger partial charge in [0.1, 0.15) is 29.7 Å². The van der Waals surface area contributed by atoms with E-state index >= 15 is 0 Å². The Morgan fingerprint density at radius 2 is 1.48 bits per heavy atom. The number of likely N-dealkylation sites (tertiary alicyclic amines) is 1. The smallest absolute Gasteiger partial charge is 0.262 e. The van der Waals surface area contributed by atoms with E-state index in [1.807, 2.05) is 30.3 Å². The van der Waals surface area contributed by atoms with Crippen molar-refractivity contribution in [3.05, 3.63) is 124 Å². The summed E-state index contributed by atoms with van der Waals surface area (Å²) >= 11 is 0. The van der Waals surface area contributed by atoms with Crippen LogP contribution < -0.4 is 9.64 Å². The minimum atomic E-state index is -0.858. The molecule has 9 rings (SSSR count). The molecule has 0 aromatic heterocycles. The van der Waals surface area contributed by atoms with Gasteiger partial charge in [0.15, 0.2) is 5.78 Å². The third kappa shape index (κ3) is 7.65. The van der Waals surface area contributed by atoms with Gasteiger partial charge in [0.25, 0.3) is 11.8 Å². The number of carbonyl (C=O) groups is 4. The second-order valence-corrected chi connectivity index (χ2v) is 16.7. The number of halogens is 1. The summed E-state index contributed by atoms with van der Waals surface area (Å²) in [5, 5.41) is 10.2. The number of rotatable bonds is 10. The second kappa shape index (κ2) is 16.1. The zero-order valence-electron chi connectivity index (χ0n) is 32.7. The number of amides is 2. The number of phenolic OH excluding ortho intramolecular Hbond substituents is 1. The maximum absolute atomic E-state index is 13.8. The van der Waals surface area contributed by atoms with Gasteiger partial charge in [-0.05, 0) is 121 Å². The SMILES string of the molecule is O=C1CCC(N2C(=O)c3ccc(N4CCN(C[C@@H]5CCN(CCOc6ccc([C@@H]7c8ccc(O)cc8CC[C@@H]7c7ccc(F)cc7)cc6)C5)CC4)cc3C2=O)C(=O)C1. The number of carbonyl (C=O) groups excluding carboxylic acids is 4. The largest absolute Gasteiger partial charge is 0.508 e. The number of anilines is 1. The van der Waals surface area contributed by atoms with Gasteiger partial charge in [-0.2, -0.15) is 0 Å². The van der Waals surface area contributed by atoms with Crippen LogP contribution in [0.4, 0.5) is 10.1 Å². The first-order valence-electron chi connectivity index (χ1n) is 20.7. The van der Waals surface area contributed by atoms with E-state index in [0.29, 0.717) is 23.7 Å². The Morgan fingerprint density at radius 1 is 0.724 bits per heavy atom. The van der Waals surface area contributed by atoms with E-state index in [-0.39, 0.29) is 54.2 Å². The summed E-state index contributed by atoms with van der Waals surface area (Å²) in [7, 11) is 0. The number of aromatic hydroxyl groups is 1. The lowest BCUT2D eigenvalue weighted by atomic mass is 9.69. The van der Waals surface area contributed by atoms with E-state index in [9.17, 15) is 28.7 Å². The molecule has 5 aliphatic rings. The molecule has 2 amide bonds. The summed E-state index contributed by atoms with van der Waals surface area (Å²) < 4.78 is 20.0. The maximum Gasteiger partial charge on any atom is 0.262 e. The molecule has 2 aliphatic carbocycles. The van der Waals surface area contributed by atoms with Crippen molar-refractivity contribution in [3.8, 4) is 11.5 Å². The van der Waals surface area contributed by atoms with Gasteiger partial charge in [-0.3, -0.25) is 33.9 Å². The van der Waals surface area contributed by atoms with E-state index in [1.165, 1.54) is 23.3 Å². The van der Waals surface area contributed by atoms with Gasteiger partial charge in [-0.25, -0.2) is 4.39 Å².